The van der Waals surface area contributed by atoms with Crippen LogP contribution < -0.4 is 5.32 Å². The van der Waals surface area contributed by atoms with Gasteiger partial charge in [-0.2, -0.15) is 0 Å². The summed E-state index contributed by atoms with van der Waals surface area (Å²) in [7, 11) is 2.14. The monoisotopic (exact) mass is 355 g/mol. The van der Waals surface area contributed by atoms with E-state index < -0.39 is 61.1 Å². The molecule has 0 bridgehead atoms. The summed E-state index contributed by atoms with van der Waals surface area (Å²) in [4.78, 5) is 22.8. The molecule has 1 rings (SSSR count). The van der Waals surface area contributed by atoms with Gasteiger partial charge in [0, 0.05) is 12.6 Å². The zero-order valence-corrected chi connectivity index (χ0v) is 13.4. The summed E-state index contributed by atoms with van der Waals surface area (Å²) < 4.78 is 5.03. The third kappa shape index (κ3) is 4.80. The third-order valence-corrected chi connectivity index (χ3v) is 4.01. The fourth-order valence-electron chi connectivity index (χ4n) is 2.29. The lowest BCUT2D eigenvalue weighted by Gasteiger charge is -2.35. The second-order valence-corrected chi connectivity index (χ2v) is 5.72. The van der Waals surface area contributed by atoms with Crippen molar-refractivity contribution in [3.63, 3.8) is 0 Å². The first-order valence-corrected chi connectivity index (χ1v) is 7.76. The highest BCUT2D eigenvalue weighted by Gasteiger charge is 2.50. The standard InChI is InChI=1S/C12H22NO9P/c14-3-6(16)9(18)10-8(13-7(17)4-23)5(15)1-2-12(21,22-10)11(19)20/h5-6,8-10,14-16,18,21H,1-4,23H2,(H,13,17)(H,19,20)/t5?,6-,8-,9-,10?,12-/m1/s1. The number of hydrogen-bond donors (Lipinski definition) is 7. The van der Waals surface area contributed by atoms with Crippen molar-refractivity contribution in [3.8, 4) is 0 Å². The predicted molar refractivity (Wildman–Crippen MR) is 78.3 cm³/mol. The maximum Gasteiger partial charge on any atom is 0.364 e. The lowest BCUT2D eigenvalue weighted by molar-refractivity contribution is -0.258. The van der Waals surface area contributed by atoms with Gasteiger partial charge in [0.05, 0.1) is 18.8 Å². The van der Waals surface area contributed by atoms with Crippen molar-refractivity contribution in [2.75, 3.05) is 12.8 Å². The molecule has 1 aliphatic heterocycles. The van der Waals surface area contributed by atoms with E-state index in [1.54, 1.807) is 0 Å². The summed E-state index contributed by atoms with van der Waals surface area (Å²) in [5.41, 5.74) is 0. The Kier molecular flexibility index (Phi) is 7.28. The van der Waals surface area contributed by atoms with Crippen LogP contribution in [0.15, 0.2) is 0 Å². The number of rotatable bonds is 6. The van der Waals surface area contributed by atoms with Gasteiger partial charge < -0.3 is 40.7 Å². The highest BCUT2D eigenvalue weighted by Crippen LogP contribution is 2.29. The van der Waals surface area contributed by atoms with Crippen molar-refractivity contribution >= 4 is 21.1 Å². The summed E-state index contributed by atoms with van der Waals surface area (Å²) in [6.45, 7) is -0.868. The fraction of sp³-hybridized carbons (Fsp3) is 0.833. The molecule has 1 aliphatic rings. The molecule has 0 saturated carbocycles. The normalized spacial score (nSPS) is 34.3. The van der Waals surface area contributed by atoms with Gasteiger partial charge in [0.2, 0.25) is 5.91 Å². The third-order valence-electron chi connectivity index (χ3n) is 3.64. The lowest BCUT2D eigenvalue weighted by atomic mass is 9.95. The number of carbonyl (C=O) groups is 2. The number of carboxylic acids is 1. The van der Waals surface area contributed by atoms with Gasteiger partial charge in [-0.15, -0.1) is 9.24 Å². The molecule has 11 heteroatoms. The maximum atomic E-state index is 11.6. The van der Waals surface area contributed by atoms with Crippen LogP contribution in [0.1, 0.15) is 12.8 Å². The van der Waals surface area contributed by atoms with E-state index in [0.29, 0.717) is 0 Å². The fourth-order valence-corrected chi connectivity index (χ4v) is 2.41. The van der Waals surface area contributed by atoms with Crippen LogP contribution in [0.25, 0.3) is 0 Å². The minimum absolute atomic E-state index is 0.0300. The van der Waals surface area contributed by atoms with Crippen molar-refractivity contribution in [3.05, 3.63) is 0 Å². The molecular formula is C12H22NO9P. The van der Waals surface area contributed by atoms with Crippen molar-refractivity contribution in [1.82, 2.24) is 5.32 Å². The first-order chi connectivity index (χ1) is 10.7. The molecule has 134 valence electrons. The van der Waals surface area contributed by atoms with Gasteiger partial charge in [0.25, 0.3) is 5.79 Å². The Morgan fingerprint density at radius 1 is 1.39 bits per heavy atom. The van der Waals surface area contributed by atoms with Crippen LogP contribution in [0.3, 0.4) is 0 Å². The molecule has 1 fully saturated rings. The van der Waals surface area contributed by atoms with Crippen LogP contribution in [0, 0.1) is 0 Å². The number of carbonyl (C=O) groups excluding carboxylic acids is 1. The predicted octanol–water partition coefficient (Wildman–Crippen LogP) is -3.63. The van der Waals surface area contributed by atoms with E-state index in [0.717, 1.165) is 0 Å². The van der Waals surface area contributed by atoms with Gasteiger partial charge in [-0.25, -0.2) is 4.79 Å². The molecule has 7 atom stereocenters. The molecule has 0 aliphatic carbocycles. The van der Waals surface area contributed by atoms with Crippen molar-refractivity contribution < 1.29 is 45.0 Å². The number of hydrogen-bond acceptors (Lipinski definition) is 8. The Hall–Kier alpha value is -0.870. The highest BCUT2D eigenvalue weighted by atomic mass is 31.0. The van der Waals surface area contributed by atoms with E-state index in [1.807, 2.05) is 0 Å². The molecule has 10 nitrogen and oxygen atoms in total. The van der Waals surface area contributed by atoms with Crippen molar-refractivity contribution in [2.24, 2.45) is 0 Å². The van der Waals surface area contributed by atoms with Crippen LogP contribution in [0.4, 0.5) is 0 Å². The molecule has 3 unspecified atom stereocenters. The minimum Gasteiger partial charge on any atom is -0.477 e. The number of carboxylic acid groups (broad SMARTS) is 1. The van der Waals surface area contributed by atoms with Crippen molar-refractivity contribution in [2.45, 2.75) is 49.1 Å². The van der Waals surface area contributed by atoms with E-state index >= 15 is 0 Å². The van der Waals surface area contributed by atoms with Gasteiger partial charge in [0.1, 0.15) is 18.3 Å². The number of nitrogens with one attached hydrogen (secondary N) is 1. The summed E-state index contributed by atoms with van der Waals surface area (Å²) >= 11 is 0. The molecule has 1 amide bonds. The van der Waals surface area contributed by atoms with Gasteiger partial charge in [-0.05, 0) is 6.42 Å². The van der Waals surface area contributed by atoms with Crippen LogP contribution in [-0.2, 0) is 14.3 Å². The zero-order valence-electron chi connectivity index (χ0n) is 12.2. The number of aliphatic hydroxyl groups excluding tert-OH is 4. The number of amides is 1. The molecule has 0 radical (unpaired) electrons. The molecule has 0 aromatic rings. The molecule has 0 aromatic carbocycles. The highest BCUT2D eigenvalue weighted by molar-refractivity contribution is 7.18. The van der Waals surface area contributed by atoms with Crippen LogP contribution in [-0.4, -0.2) is 91.5 Å². The quantitative estimate of drug-likeness (QED) is 0.237. The van der Waals surface area contributed by atoms with E-state index in [9.17, 15) is 30.0 Å². The van der Waals surface area contributed by atoms with Gasteiger partial charge >= 0.3 is 5.97 Å². The van der Waals surface area contributed by atoms with E-state index in [1.165, 1.54) is 0 Å². The van der Waals surface area contributed by atoms with E-state index in [4.69, 9.17) is 14.9 Å². The average Bonchev–Trinajstić information content (AvgIpc) is 2.65. The zero-order chi connectivity index (χ0) is 17.8. The van der Waals surface area contributed by atoms with Crippen LogP contribution >= 0.6 is 9.24 Å². The molecule has 1 saturated heterocycles. The number of ether oxygens (including phenoxy) is 1. The molecule has 1 heterocycles. The van der Waals surface area contributed by atoms with Gasteiger partial charge in [0.15, 0.2) is 0 Å². The van der Waals surface area contributed by atoms with Crippen molar-refractivity contribution in [1.29, 1.82) is 0 Å². The Morgan fingerprint density at radius 3 is 2.48 bits per heavy atom. The number of aliphatic carboxylic acids is 1. The molecule has 0 aromatic heterocycles. The van der Waals surface area contributed by atoms with Crippen LogP contribution in [0.5, 0.6) is 0 Å². The Morgan fingerprint density at radius 2 is 2.00 bits per heavy atom. The smallest absolute Gasteiger partial charge is 0.364 e. The molecule has 23 heavy (non-hydrogen) atoms. The second kappa shape index (κ2) is 8.29. The van der Waals surface area contributed by atoms with Gasteiger partial charge in [-0.1, -0.05) is 0 Å². The minimum atomic E-state index is -2.71. The SMILES string of the molecule is O=C(CP)N[C@@H]1C(O)CC[C@](O)(C(=O)O)OC1[C@H](O)[C@H](O)CO. The Labute approximate surface area is 134 Å². The molecule has 7 N–H and O–H groups in total. The topological polar surface area (TPSA) is 177 Å². The summed E-state index contributed by atoms with van der Waals surface area (Å²) in [6, 6.07) is -1.28. The first-order valence-electron chi connectivity index (χ1n) is 6.94. The van der Waals surface area contributed by atoms with Gasteiger partial charge in [-0.3, -0.25) is 4.79 Å². The summed E-state index contributed by atoms with van der Waals surface area (Å²) in [5, 5.41) is 60.1. The summed E-state index contributed by atoms with van der Waals surface area (Å²) in [6.07, 6.45) is -7.33. The van der Waals surface area contributed by atoms with Crippen LogP contribution in [0.2, 0.25) is 0 Å². The molecular weight excluding hydrogens is 333 g/mol. The maximum absolute atomic E-state index is 11.6. The Balaban J connectivity index is 3.16. The lowest BCUT2D eigenvalue weighted by Crippen LogP contribution is -2.60. The average molecular weight is 355 g/mol. The number of aliphatic hydroxyl groups is 5. The van der Waals surface area contributed by atoms with E-state index in [-0.39, 0.29) is 12.6 Å². The largest absolute Gasteiger partial charge is 0.477 e. The molecule has 0 spiro atoms. The Bertz CT molecular complexity index is 437. The summed E-state index contributed by atoms with van der Waals surface area (Å²) in [5.74, 6) is -4.99. The first kappa shape index (κ1) is 20.2. The second-order valence-electron chi connectivity index (χ2n) is 5.32. The van der Waals surface area contributed by atoms with E-state index in [2.05, 4.69) is 14.6 Å².